The van der Waals surface area contributed by atoms with Crippen molar-refractivity contribution < 1.29 is 9.18 Å². The zero-order valence-electron chi connectivity index (χ0n) is 17.3. The zero-order chi connectivity index (χ0) is 21.3. The van der Waals surface area contributed by atoms with Gasteiger partial charge in [0, 0.05) is 23.5 Å². The summed E-state index contributed by atoms with van der Waals surface area (Å²) in [5.41, 5.74) is 1.40. The maximum atomic E-state index is 14.3. The lowest BCUT2D eigenvalue weighted by Crippen LogP contribution is -2.39. The zero-order valence-corrected chi connectivity index (χ0v) is 17.3. The second-order valence-corrected chi connectivity index (χ2v) is 8.35. The first-order chi connectivity index (χ1) is 14.4. The Morgan fingerprint density at radius 3 is 2.63 bits per heavy atom. The SMILES string of the molecule is Cc1ccc2c(=O)c(C(=O)NC3CCC(C)CC3)cn(Cc3ccccc3F)c2n1. The van der Waals surface area contributed by atoms with Gasteiger partial charge in [0.1, 0.15) is 17.0 Å². The van der Waals surface area contributed by atoms with Crippen molar-refractivity contribution in [3.63, 3.8) is 0 Å². The van der Waals surface area contributed by atoms with Crippen molar-refractivity contribution in [3.8, 4) is 0 Å². The molecular weight excluding hydrogens is 381 g/mol. The molecule has 1 aliphatic carbocycles. The molecule has 5 nitrogen and oxygen atoms in total. The van der Waals surface area contributed by atoms with Crippen LogP contribution in [0.4, 0.5) is 4.39 Å². The van der Waals surface area contributed by atoms with Gasteiger partial charge in [-0.2, -0.15) is 0 Å². The number of amides is 1. The van der Waals surface area contributed by atoms with E-state index in [1.165, 1.54) is 12.3 Å². The first-order valence-electron chi connectivity index (χ1n) is 10.5. The Kier molecular flexibility index (Phi) is 5.66. The fraction of sp³-hybridized carbons (Fsp3) is 0.375. The largest absolute Gasteiger partial charge is 0.349 e. The first-order valence-corrected chi connectivity index (χ1v) is 10.5. The van der Waals surface area contributed by atoms with E-state index in [0.29, 0.717) is 22.5 Å². The number of rotatable bonds is 4. The van der Waals surface area contributed by atoms with Crippen molar-refractivity contribution in [1.29, 1.82) is 0 Å². The highest BCUT2D eigenvalue weighted by atomic mass is 19.1. The second kappa shape index (κ2) is 8.38. The maximum absolute atomic E-state index is 14.3. The predicted octanol–water partition coefficient (Wildman–Crippen LogP) is 4.20. The number of halogens is 1. The second-order valence-electron chi connectivity index (χ2n) is 8.35. The van der Waals surface area contributed by atoms with E-state index in [4.69, 9.17) is 0 Å². The molecule has 0 bridgehead atoms. The van der Waals surface area contributed by atoms with E-state index in [0.717, 1.165) is 31.4 Å². The number of carbonyl (C=O) groups excluding carboxylic acids is 1. The molecule has 0 atom stereocenters. The number of hydrogen-bond donors (Lipinski definition) is 1. The molecule has 6 heteroatoms. The average Bonchev–Trinajstić information content (AvgIpc) is 2.73. The summed E-state index contributed by atoms with van der Waals surface area (Å²) in [6.45, 7) is 4.24. The van der Waals surface area contributed by atoms with Crippen LogP contribution in [0.5, 0.6) is 0 Å². The molecule has 0 radical (unpaired) electrons. The molecule has 1 fully saturated rings. The lowest BCUT2D eigenvalue weighted by Gasteiger charge is -2.27. The van der Waals surface area contributed by atoms with Gasteiger partial charge in [0.25, 0.3) is 5.91 Å². The summed E-state index contributed by atoms with van der Waals surface area (Å²) in [7, 11) is 0. The molecule has 1 aliphatic rings. The number of pyridine rings is 2. The van der Waals surface area contributed by atoms with Crippen LogP contribution in [0.15, 0.2) is 47.4 Å². The highest BCUT2D eigenvalue weighted by Crippen LogP contribution is 2.23. The van der Waals surface area contributed by atoms with Gasteiger partial charge in [0.05, 0.1) is 11.9 Å². The van der Waals surface area contributed by atoms with Crippen LogP contribution < -0.4 is 10.7 Å². The fourth-order valence-corrected chi connectivity index (χ4v) is 4.12. The summed E-state index contributed by atoms with van der Waals surface area (Å²) in [4.78, 5) is 30.5. The molecule has 0 aliphatic heterocycles. The van der Waals surface area contributed by atoms with Crippen molar-refractivity contribution in [2.45, 2.75) is 52.1 Å². The molecule has 0 unspecified atom stereocenters. The Bertz CT molecular complexity index is 1150. The van der Waals surface area contributed by atoms with Crippen LogP contribution in [0.2, 0.25) is 0 Å². The van der Waals surface area contributed by atoms with Gasteiger partial charge >= 0.3 is 0 Å². The number of fused-ring (bicyclic) bond motifs is 1. The smallest absolute Gasteiger partial charge is 0.256 e. The minimum Gasteiger partial charge on any atom is -0.349 e. The molecule has 0 spiro atoms. The third-order valence-corrected chi connectivity index (χ3v) is 5.95. The molecule has 1 aromatic carbocycles. The molecule has 1 amide bonds. The molecule has 1 saturated carbocycles. The van der Waals surface area contributed by atoms with Crippen LogP contribution in [0.25, 0.3) is 11.0 Å². The highest BCUT2D eigenvalue weighted by molar-refractivity contribution is 5.97. The van der Waals surface area contributed by atoms with E-state index in [2.05, 4.69) is 17.2 Å². The van der Waals surface area contributed by atoms with E-state index < -0.39 is 0 Å². The fourth-order valence-electron chi connectivity index (χ4n) is 4.12. The maximum Gasteiger partial charge on any atom is 0.256 e. The van der Waals surface area contributed by atoms with Crippen LogP contribution in [-0.2, 0) is 6.54 Å². The molecule has 156 valence electrons. The lowest BCUT2D eigenvalue weighted by molar-refractivity contribution is 0.0921. The van der Waals surface area contributed by atoms with Crippen molar-refractivity contribution in [3.05, 3.63) is 75.5 Å². The Labute approximate surface area is 175 Å². The van der Waals surface area contributed by atoms with Gasteiger partial charge in [-0.3, -0.25) is 9.59 Å². The van der Waals surface area contributed by atoms with Gasteiger partial charge in [-0.15, -0.1) is 0 Å². The minimum atomic E-state index is -0.371. The van der Waals surface area contributed by atoms with Gasteiger partial charge in [-0.25, -0.2) is 9.37 Å². The number of carbonyl (C=O) groups is 1. The van der Waals surface area contributed by atoms with Crippen LogP contribution >= 0.6 is 0 Å². The van der Waals surface area contributed by atoms with Crippen LogP contribution in [0.3, 0.4) is 0 Å². The van der Waals surface area contributed by atoms with Crippen molar-refractivity contribution in [2.75, 3.05) is 0 Å². The van der Waals surface area contributed by atoms with Crippen LogP contribution in [0.1, 0.15) is 54.2 Å². The lowest BCUT2D eigenvalue weighted by atomic mass is 9.87. The number of nitrogens with one attached hydrogen (secondary N) is 1. The van der Waals surface area contributed by atoms with Gasteiger partial charge in [-0.1, -0.05) is 25.1 Å². The van der Waals surface area contributed by atoms with E-state index in [9.17, 15) is 14.0 Å². The molecule has 2 aromatic heterocycles. The molecular formula is C24H26FN3O2. The van der Waals surface area contributed by atoms with Gasteiger partial charge in [0.2, 0.25) is 5.43 Å². The van der Waals surface area contributed by atoms with Gasteiger partial charge in [-0.05, 0) is 56.7 Å². The van der Waals surface area contributed by atoms with E-state index in [-0.39, 0.29) is 35.3 Å². The Morgan fingerprint density at radius 1 is 1.17 bits per heavy atom. The Balaban J connectivity index is 1.74. The molecule has 4 rings (SSSR count). The molecule has 30 heavy (non-hydrogen) atoms. The highest BCUT2D eigenvalue weighted by Gasteiger charge is 2.23. The van der Waals surface area contributed by atoms with Crippen molar-refractivity contribution >= 4 is 16.9 Å². The number of hydrogen-bond acceptors (Lipinski definition) is 3. The third-order valence-electron chi connectivity index (χ3n) is 5.95. The van der Waals surface area contributed by atoms with Crippen molar-refractivity contribution in [1.82, 2.24) is 14.9 Å². The summed E-state index contributed by atoms with van der Waals surface area (Å²) in [5, 5.41) is 3.39. The van der Waals surface area contributed by atoms with E-state index in [1.54, 1.807) is 34.9 Å². The summed E-state index contributed by atoms with van der Waals surface area (Å²) >= 11 is 0. The van der Waals surface area contributed by atoms with E-state index in [1.807, 2.05) is 6.92 Å². The topological polar surface area (TPSA) is 64.0 Å². The summed E-state index contributed by atoms with van der Waals surface area (Å²) in [5.74, 6) is -0.0326. The number of nitrogens with zero attached hydrogens (tertiary/aromatic N) is 2. The minimum absolute atomic E-state index is 0.0723. The summed E-state index contributed by atoms with van der Waals surface area (Å²) in [6.07, 6.45) is 5.51. The Morgan fingerprint density at radius 2 is 1.90 bits per heavy atom. The summed E-state index contributed by atoms with van der Waals surface area (Å²) in [6, 6.07) is 10.0. The number of aromatic nitrogens is 2. The molecule has 0 saturated heterocycles. The predicted molar refractivity (Wildman–Crippen MR) is 115 cm³/mol. The Hall–Kier alpha value is -3.02. The number of benzene rings is 1. The van der Waals surface area contributed by atoms with Crippen LogP contribution in [0, 0.1) is 18.7 Å². The van der Waals surface area contributed by atoms with Gasteiger partial charge < -0.3 is 9.88 Å². The quantitative estimate of drug-likeness (QED) is 0.705. The standard InChI is InChI=1S/C24H26FN3O2/c1-15-7-10-18(11-8-15)27-24(30)20-14-28(13-17-5-3-4-6-21(17)25)23-19(22(20)29)12-9-16(2)26-23/h3-6,9,12,14-15,18H,7-8,10-11,13H2,1-2H3,(H,27,30). The van der Waals surface area contributed by atoms with Crippen molar-refractivity contribution in [2.24, 2.45) is 5.92 Å². The van der Waals surface area contributed by atoms with Gasteiger partial charge in [0.15, 0.2) is 0 Å². The molecule has 2 heterocycles. The molecule has 1 N–H and O–H groups in total. The first kappa shape index (κ1) is 20.3. The van der Waals surface area contributed by atoms with Crippen LogP contribution in [-0.4, -0.2) is 21.5 Å². The summed E-state index contributed by atoms with van der Waals surface area (Å²) < 4.78 is 16.0. The third kappa shape index (κ3) is 4.13. The average molecular weight is 407 g/mol. The molecule has 3 aromatic rings. The monoisotopic (exact) mass is 407 g/mol. The van der Waals surface area contributed by atoms with E-state index >= 15 is 0 Å². The normalized spacial score (nSPS) is 19.0. The number of aryl methyl sites for hydroxylation is 1.